The van der Waals surface area contributed by atoms with Crippen molar-refractivity contribution in [3.05, 3.63) is 0 Å². The van der Waals surface area contributed by atoms with E-state index in [1.807, 2.05) is 0 Å². The summed E-state index contributed by atoms with van der Waals surface area (Å²) in [6.07, 6.45) is -0.114. The van der Waals surface area contributed by atoms with Gasteiger partial charge in [0, 0.05) is 6.42 Å². The summed E-state index contributed by atoms with van der Waals surface area (Å²) >= 11 is 15.7. The predicted molar refractivity (Wildman–Crippen MR) is 42.4 cm³/mol. The molecule has 0 aliphatic rings. The van der Waals surface area contributed by atoms with Crippen molar-refractivity contribution in [2.24, 2.45) is 0 Å². The van der Waals surface area contributed by atoms with Gasteiger partial charge in [-0.2, -0.15) is 8.42 Å². The highest BCUT2D eigenvalue weighted by atomic mass is 35.6. The first-order chi connectivity index (χ1) is 4.71. The summed E-state index contributed by atoms with van der Waals surface area (Å²) in [7, 11) is -4.42. The van der Waals surface area contributed by atoms with Crippen molar-refractivity contribution in [1.29, 1.82) is 0 Å². The topological polar surface area (TPSA) is 63.6 Å². The predicted octanol–water partition coefficient (Wildman–Crippen LogP) is 1.57. The highest BCUT2D eigenvalue weighted by Crippen LogP contribution is 2.29. The Labute approximate surface area is 79.3 Å². The lowest BCUT2D eigenvalue weighted by molar-refractivity contribution is 0.266. The van der Waals surface area contributed by atoms with Crippen LogP contribution >= 0.6 is 34.8 Å². The molecule has 0 saturated carbocycles. The van der Waals surface area contributed by atoms with E-state index in [4.69, 9.17) is 39.4 Å². The van der Waals surface area contributed by atoms with Crippen LogP contribution in [0.2, 0.25) is 0 Å². The molecule has 0 amide bonds. The molecule has 0 aromatic rings. The molecule has 1 N–H and O–H groups in total. The standard InChI is InChI=1S/C3H5Cl3O4S/c4-3(5,6)1-2-10-11(7,8)9/h1-2H2,(H,7,8,9). The smallest absolute Gasteiger partial charge is 0.264 e. The Bertz CT molecular complexity index is 205. The average Bonchev–Trinajstić information content (AvgIpc) is 1.55. The summed E-state index contributed by atoms with van der Waals surface area (Å²) in [5.41, 5.74) is 0. The fourth-order valence-electron chi connectivity index (χ4n) is 0.263. The van der Waals surface area contributed by atoms with Crippen molar-refractivity contribution < 1.29 is 17.2 Å². The van der Waals surface area contributed by atoms with E-state index in [9.17, 15) is 8.42 Å². The molecule has 0 aromatic carbocycles. The minimum atomic E-state index is -4.42. The van der Waals surface area contributed by atoms with Gasteiger partial charge in [-0.25, -0.2) is 4.18 Å². The lowest BCUT2D eigenvalue weighted by Gasteiger charge is -2.08. The van der Waals surface area contributed by atoms with Crippen LogP contribution in [0.25, 0.3) is 0 Å². The third kappa shape index (κ3) is 10.7. The van der Waals surface area contributed by atoms with Gasteiger partial charge in [-0.15, -0.1) is 0 Å². The normalized spacial score (nSPS) is 13.5. The summed E-state index contributed by atoms with van der Waals surface area (Å²) in [5, 5.41) is 0. The molecule has 0 saturated heterocycles. The second-order valence-corrected chi connectivity index (χ2v) is 5.22. The van der Waals surface area contributed by atoms with Crippen molar-refractivity contribution in [3.8, 4) is 0 Å². The van der Waals surface area contributed by atoms with Crippen molar-refractivity contribution >= 4 is 45.2 Å². The third-order valence-electron chi connectivity index (χ3n) is 0.618. The summed E-state index contributed by atoms with van der Waals surface area (Å²) < 4.78 is 30.2. The van der Waals surface area contributed by atoms with Crippen molar-refractivity contribution in [2.75, 3.05) is 6.61 Å². The van der Waals surface area contributed by atoms with Crippen LogP contribution in [-0.4, -0.2) is 23.4 Å². The summed E-state index contributed by atoms with van der Waals surface area (Å²) in [4.78, 5) is 0. The van der Waals surface area contributed by atoms with Gasteiger partial charge in [-0.05, 0) is 0 Å². The van der Waals surface area contributed by atoms with Gasteiger partial charge in [0.05, 0.1) is 6.61 Å². The van der Waals surface area contributed by atoms with Gasteiger partial charge in [0.15, 0.2) is 3.79 Å². The van der Waals surface area contributed by atoms with Crippen molar-refractivity contribution in [3.63, 3.8) is 0 Å². The molecule has 0 bridgehead atoms. The van der Waals surface area contributed by atoms with Gasteiger partial charge in [0.2, 0.25) is 0 Å². The van der Waals surface area contributed by atoms with Crippen LogP contribution in [0.5, 0.6) is 0 Å². The van der Waals surface area contributed by atoms with E-state index in [0.717, 1.165) is 0 Å². The third-order valence-corrected chi connectivity index (χ3v) is 1.65. The van der Waals surface area contributed by atoms with Crippen LogP contribution in [0.1, 0.15) is 6.42 Å². The molecule has 11 heavy (non-hydrogen) atoms. The zero-order valence-electron chi connectivity index (χ0n) is 5.13. The quantitative estimate of drug-likeness (QED) is 0.604. The van der Waals surface area contributed by atoms with Gasteiger partial charge in [-0.3, -0.25) is 4.55 Å². The molecule has 0 rings (SSSR count). The molecule has 0 unspecified atom stereocenters. The lowest BCUT2D eigenvalue weighted by atomic mass is 10.5. The van der Waals surface area contributed by atoms with Crippen LogP contribution in [0, 0.1) is 0 Å². The first-order valence-electron chi connectivity index (χ1n) is 2.39. The molecule has 0 aromatic heterocycles. The summed E-state index contributed by atoms with van der Waals surface area (Å²) in [6, 6.07) is 0. The SMILES string of the molecule is O=S(=O)(O)OCCC(Cl)(Cl)Cl. The maximum absolute atomic E-state index is 9.92. The van der Waals surface area contributed by atoms with Crippen LogP contribution < -0.4 is 0 Å². The maximum Gasteiger partial charge on any atom is 0.397 e. The first kappa shape index (κ1) is 11.7. The van der Waals surface area contributed by atoms with Gasteiger partial charge in [0.1, 0.15) is 0 Å². The molecular weight excluding hydrogens is 238 g/mol. The Morgan fingerprint density at radius 1 is 1.36 bits per heavy atom. The highest BCUT2D eigenvalue weighted by Gasteiger charge is 2.20. The monoisotopic (exact) mass is 242 g/mol. The molecular formula is C3H5Cl3O4S. The Hall–Kier alpha value is 0.740. The first-order valence-corrected chi connectivity index (χ1v) is 4.89. The zero-order valence-corrected chi connectivity index (χ0v) is 8.21. The second-order valence-electron chi connectivity index (χ2n) is 1.61. The van der Waals surface area contributed by atoms with Gasteiger partial charge in [-0.1, -0.05) is 34.8 Å². The van der Waals surface area contributed by atoms with Gasteiger partial charge < -0.3 is 0 Å². The Morgan fingerprint density at radius 2 is 1.82 bits per heavy atom. The van der Waals surface area contributed by atoms with Gasteiger partial charge >= 0.3 is 10.4 Å². The van der Waals surface area contributed by atoms with Crippen LogP contribution in [-0.2, 0) is 14.6 Å². The lowest BCUT2D eigenvalue weighted by Crippen LogP contribution is -2.11. The molecule has 0 aliphatic heterocycles. The minimum absolute atomic E-state index is 0.114. The molecule has 0 heterocycles. The number of rotatable bonds is 3. The van der Waals surface area contributed by atoms with E-state index in [0.29, 0.717) is 0 Å². The van der Waals surface area contributed by atoms with Crippen LogP contribution in [0.15, 0.2) is 0 Å². The van der Waals surface area contributed by atoms with Crippen LogP contribution in [0.4, 0.5) is 0 Å². The van der Waals surface area contributed by atoms with Crippen molar-refractivity contribution in [2.45, 2.75) is 10.2 Å². The molecule has 0 spiro atoms. The van der Waals surface area contributed by atoms with E-state index < -0.39 is 14.2 Å². The zero-order chi connectivity index (χ0) is 9.12. The Kier molecular flexibility index (Phi) is 4.39. The average molecular weight is 243 g/mol. The Morgan fingerprint density at radius 3 is 2.09 bits per heavy atom. The number of hydrogen-bond acceptors (Lipinski definition) is 3. The minimum Gasteiger partial charge on any atom is -0.264 e. The molecule has 8 heteroatoms. The molecule has 0 radical (unpaired) electrons. The maximum atomic E-state index is 9.92. The van der Waals surface area contributed by atoms with E-state index in [1.165, 1.54) is 0 Å². The highest BCUT2D eigenvalue weighted by molar-refractivity contribution is 7.80. The molecule has 0 fully saturated rings. The number of hydrogen-bond donors (Lipinski definition) is 1. The number of alkyl halides is 3. The molecule has 0 atom stereocenters. The number of halogens is 3. The van der Waals surface area contributed by atoms with E-state index in [1.54, 1.807) is 0 Å². The summed E-state index contributed by atoms with van der Waals surface area (Å²) in [5.74, 6) is 0. The van der Waals surface area contributed by atoms with Crippen LogP contribution in [0.3, 0.4) is 0 Å². The largest absolute Gasteiger partial charge is 0.397 e. The van der Waals surface area contributed by atoms with E-state index in [-0.39, 0.29) is 13.0 Å². The summed E-state index contributed by atoms with van der Waals surface area (Å²) in [6.45, 7) is -0.366. The second kappa shape index (κ2) is 4.11. The Balaban J connectivity index is 3.61. The molecule has 68 valence electrons. The van der Waals surface area contributed by atoms with E-state index in [2.05, 4.69) is 4.18 Å². The fourth-order valence-corrected chi connectivity index (χ4v) is 0.788. The van der Waals surface area contributed by atoms with E-state index >= 15 is 0 Å². The van der Waals surface area contributed by atoms with Gasteiger partial charge in [0.25, 0.3) is 0 Å². The fraction of sp³-hybridized carbons (Fsp3) is 1.00. The molecule has 0 aliphatic carbocycles. The molecule has 4 nitrogen and oxygen atoms in total. The van der Waals surface area contributed by atoms with Crippen molar-refractivity contribution in [1.82, 2.24) is 0 Å².